The zero-order valence-corrected chi connectivity index (χ0v) is 36.4. The van der Waals surface area contributed by atoms with Crippen molar-refractivity contribution in [3.05, 3.63) is 141 Å². The number of hydrogen-bond donors (Lipinski definition) is 9. The molecule has 2 amide bonds. The van der Waals surface area contributed by atoms with Crippen LogP contribution < -0.4 is 37.0 Å². The van der Waals surface area contributed by atoms with Crippen LogP contribution in [0.5, 0.6) is 0 Å². The molecule has 1 atom stereocenters. The van der Waals surface area contributed by atoms with E-state index in [1.165, 1.54) is 42.7 Å². The normalized spacial score (nSPS) is 12.1. The van der Waals surface area contributed by atoms with E-state index < -0.39 is 55.9 Å². The fourth-order valence-electron chi connectivity index (χ4n) is 7.03. The highest BCUT2D eigenvalue weighted by molar-refractivity contribution is 7.89. The number of pyridine rings is 2. The van der Waals surface area contributed by atoms with Gasteiger partial charge in [0.25, 0.3) is 21.9 Å². The van der Waals surface area contributed by atoms with E-state index >= 15 is 0 Å². The van der Waals surface area contributed by atoms with Crippen molar-refractivity contribution in [1.82, 2.24) is 40.3 Å². The Kier molecular flexibility index (Phi) is 14.6. The van der Waals surface area contributed by atoms with Crippen LogP contribution in [0.3, 0.4) is 0 Å². The molecule has 9 N–H and O–H groups in total. The number of nitrogens with zero attached hydrogens (tertiary/aromatic N) is 3. The van der Waals surface area contributed by atoms with Crippen molar-refractivity contribution in [3.8, 4) is 0 Å². The molecule has 0 aliphatic heterocycles. The van der Waals surface area contributed by atoms with Crippen molar-refractivity contribution >= 4 is 60.6 Å². The number of nitrogens with one attached hydrogen (secondary N) is 7. The third-order valence-corrected chi connectivity index (χ3v) is 12.6. The van der Waals surface area contributed by atoms with Crippen LogP contribution in [0.15, 0.2) is 106 Å². The fourth-order valence-corrected chi connectivity index (χ4v) is 9.40. The molecule has 3 aromatic carbocycles. The topological polar surface area (TPSA) is 296 Å². The van der Waals surface area contributed by atoms with E-state index in [9.17, 15) is 45.7 Å². The number of aromatic nitrogens is 4. The Morgan fingerprint density at radius 1 is 0.891 bits per heavy atom. The summed E-state index contributed by atoms with van der Waals surface area (Å²) in [6.45, 7) is 5.08. The summed E-state index contributed by atoms with van der Waals surface area (Å²) < 4.78 is 63.4. The Hall–Kier alpha value is -6.98. The first kappa shape index (κ1) is 46.5. The van der Waals surface area contributed by atoms with Gasteiger partial charge >= 0.3 is 5.97 Å². The van der Waals surface area contributed by atoms with Crippen LogP contribution in [0.4, 0.5) is 11.8 Å². The molecule has 64 heavy (non-hydrogen) atoms. The zero-order chi connectivity index (χ0) is 46.2. The Labute approximate surface area is 367 Å². The molecule has 6 aromatic rings. The van der Waals surface area contributed by atoms with Gasteiger partial charge in [-0.15, -0.1) is 0 Å². The molecule has 3 heterocycles. The van der Waals surface area contributed by atoms with Gasteiger partial charge in [-0.05, 0) is 79.8 Å². The van der Waals surface area contributed by atoms with Gasteiger partial charge in [0, 0.05) is 62.9 Å². The molecule has 0 radical (unpaired) electrons. The SMILES string of the molecule is Cc1cc(C)c(S(=O)(=O)NC(CNC(=O)c2cn(CCCNC(=O)c3ccc(NNCc4ccccc4S(=O)(=O)O)nc3)c3cc(CNc4ncc[nH]4)ccc3c2=O)C(=O)O)c(C)c1. The lowest BCUT2D eigenvalue weighted by atomic mass is 10.1. The molecule has 336 valence electrons. The minimum absolute atomic E-state index is 0.0314. The molecule has 0 saturated carbocycles. The van der Waals surface area contributed by atoms with E-state index in [1.54, 1.807) is 74.1 Å². The molecular weight excluding hydrogens is 869 g/mol. The van der Waals surface area contributed by atoms with Crippen molar-refractivity contribution in [1.29, 1.82) is 0 Å². The molecule has 0 spiro atoms. The lowest BCUT2D eigenvalue weighted by Crippen LogP contribution is -2.49. The lowest BCUT2D eigenvalue weighted by Gasteiger charge is -2.19. The van der Waals surface area contributed by atoms with Crippen molar-refractivity contribution < 1.29 is 40.9 Å². The number of carboxylic acids is 1. The molecule has 0 aliphatic carbocycles. The first-order chi connectivity index (χ1) is 30.4. The number of amides is 2. The third-order valence-electron chi connectivity index (χ3n) is 9.92. The van der Waals surface area contributed by atoms with Gasteiger partial charge < -0.3 is 36.0 Å². The van der Waals surface area contributed by atoms with E-state index in [2.05, 4.69) is 46.5 Å². The second-order valence-electron chi connectivity index (χ2n) is 14.8. The minimum Gasteiger partial charge on any atom is -0.480 e. The first-order valence-corrected chi connectivity index (χ1v) is 22.6. The number of hydrazine groups is 1. The Morgan fingerprint density at radius 2 is 1.64 bits per heavy atom. The smallest absolute Gasteiger partial charge is 0.323 e. The maximum absolute atomic E-state index is 13.8. The van der Waals surface area contributed by atoms with Gasteiger partial charge in [-0.2, -0.15) is 13.1 Å². The molecular formula is C42H46N10O10S2. The van der Waals surface area contributed by atoms with Crippen molar-refractivity contribution in [2.24, 2.45) is 0 Å². The Morgan fingerprint density at radius 3 is 2.31 bits per heavy atom. The number of carboxylic acid groups (broad SMARTS) is 1. The number of rotatable bonds is 20. The number of anilines is 2. The van der Waals surface area contributed by atoms with Gasteiger partial charge in [0.15, 0.2) is 5.95 Å². The van der Waals surface area contributed by atoms with E-state index in [0.717, 1.165) is 11.1 Å². The van der Waals surface area contributed by atoms with Crippen molar-refractivity contribution in [2.45, 2.75) is 62.7 Å². The van der Waals surface area contributed by atoms with Gasteiger partial charge in [0.2, 0.25) is 15.5 Å². The summed E-state index contributed by atoms with van der Waals surface area (Å²) in [5, 5.41) is 18.5. The largest absolute Gasteiger partial charge is 0.480 e. The van der Waals surface area contributed by atoms with E-state index in [4.69, 9.17) is 0 Å². The molecule has 0 bridgehead atoms. The zero-order valence-electron chi connectivity index (χ0n) is 34.8. The van der Waals surface area contributed by atoms with Crippen LogP contribution in [-0.2, 0) is 44.6 Å². The third kappa shape index (κ3) is 11.5. The quantitative estimate of drug-likeness (QED) is 0.0302. The van der Waals surface area contributed by atoms with Crippen molar-refractivity contribution in [3.63, 3.8) is 0 Å². The van der Waals surface area contributed by atoms with Gasteiger partial charge in [-0.3, -0.25) is 23.7 Å². The van der Waals surface area contributed by atoms with Crippen LogP contribution in [0.25, 0.3) is 10.9 Å². The Balaban J connectivity index is 1.13. The van der Waals surface area contributed by atoms with Crippen LogP contribution >= 0.6 is 0 Å². The summed E-state index contributed by atoms with van der Waals surface area (Å²) in [7, 11) is -8.75. The van der Waals surface area contributed by atoms with E-state index in [0.29, 0.717) is 46.9 Å². The molecule has 3 aromatic heterocycles. The summed E-state index contributed by atoms with van der Waals surface area (Å²) >= 11 is 0. The maximum Gasteiger partial charge on any atom is 0.323 e. The van der Waals surface area contributed by atoms with Crippen LogP contribution in [0.1, 0.15) is 55.0 Å². The van der Waals surface area contributed by atoms with Crippen LogP contribution in [0.2, 0.25) is 0 Å². The monoisotopic (exact) mass is 914 g/mol. The predicted octanol–water partition coefficient (Wildman–Crippen LogP) is 3.00. The lowest BCUT2D eigenvalue weighted by molar-refractivity contribution is -0.138. The molecule has 0 aliphatic rings. The van der Waals surface area contributed by atoms with Crippen molar-refractivity contribution in [2.75, 3.05) is 23.8 Å². The van der Waals surface area contributed by atoms with Gasteiger partial charge in [-0.25, -0.2) is 23.8 Å². The van der Waals surface area contributed by atoms with Gasteiger partial charge in [-0.1, -0.05) is 42.0 Å². The average Bonchev–Trinajstić information content (AvgIpc) is 3.77. The number of aryl methyl sites for hydroxylation is 4. The number of H-pyrrole nitrogens is 1. The van der Waals surface area contributed by atoms with Crippen LogP contribution in [-0.4, -0.2) is 82.9 Å². The number of benzene rings is 3. The second kappa shape index (κ2) is 20.0. The van der Waals surface area contributed by atoms with Gasteiger partial charge in [0.1, 0.15) is 17.4 Å². The summed E-state index contributed by atoms with van der Waals surface area (Å²) in [4.78, 5) is 63.7. The number of imidazole rings is 1. The Bertz CT molecular complexity index is 2960. The minimum atomic E-state index is -4.42. The summed E-state index contributed by atoms with van der Waals surface area (Å²) in [5.74, 6) is -2.03. The number of fused-ring (bicyclic) bond motifs is 1. The first-order valence-electron chi connectivity index (χ1n) is 19.7. The number of carbonyl (C=O) groups excluding carboxylic acids is 2. The van der Waals surface area contributed by atoms with E-state index in [-0.39, 0.29) is 45.9 Å². The summed E-state index contributed by atoms with van der Waals surface area (Å²) in [6, 6.07) is 15.6. The predicted molar refractivity (Wildman–Crippen MR) is 237 cm³/mol. The average molecular weight is 915 g/mol. The maximum atomic E-state index is 13.8. The van der Waals surface area contributed by atoms with Gasteiger partial charge in [0.05, 0.1) is 20.9 Å². The highest BCUT2D eigenvalue weighted by Crippen LogP contribution is 2.22. The number of sulfonamides is 1. The molecule has 6 rings (SSSR count). The fraction of sp³-hybridized carbons (Fsp3) is 0.238. The number of hydrogen-bond acceptors (Lipinski definition) is 13. The molecule has 0 fully saturated rings. The molecule has 1 unspecified atom stereocenters. The summed E-state index contributed by atoms with van der Waals surface area (Å²) in [6.07, 6.45) is 6.27. The molecule has 22 heteroatoms. The number of aromatic amines is 1. The molecule has 20 nitrogen and oxygen atoms in total. The highest BCUT2D eigenvalue weighted by Gasteiger charge is 2.29. The van der Waals surface area contributed by atoms with E-state index in [1.807, 2.05) is 0 Å². The van der Waals surface area contributed by atoms with Crippen LogP contribution in [0, 0.1) is 20.8 Å². The standard InChI is InChI=1S/C42H46N10O10S2/c1-25-17-26(2)38(27(3)18-25)63(58,59)51-33(41(56)57)23-47-40(55)32-24-52(34-19-28(9-11-31(34)37(32)53)20-48-42-44-14-15-45-42)16-6-13-43-39(54)30-10-12-36(46-21-30)50-49-22-29-7-4-5-8-35(29)64(60,61)62/h4-5,7-12,14-15,17-19,21,24,33,49,51H,6,13,16,20,22-23H2,1-3H3,(H,43,54)(H,46,50)(H,47,55)(H,56,57)(H2,44,45,48)(H,60,61,62). The molecule has 0 saturated heterocycles. The second-order valence-corrected chi connectivity index (χ2v) is 17.8. The number of carbonyl (C=O) groups is 3. The highest BCUT2D eigenvalue weighted by atomic mass is 32.2. The number of aliphatic carboxylic acids is 1. The summed E-state index contributed by atoms with van der Waals surface area (Å²) in [5.41, 5.74) is 8.19.